The summed E-state index contributed by atoms with van der Waals surface area (Å²) in [6.45, 7) is 0.991. The van der Waals surface area contributed by atoms with Crippen LogP contribution in [0.3, 0.4) is 0 Å². The molecular formula is C22H22N2O4. The third-order valence-corrected chi connectivity index (χ3v) is 5.03. The lowest BCUT2D eigenvalue weighted by Gasteiger charge is -2.21. The van der Waals surface area contributed by atoms with Crippen LogP contribution < -0.4 is 4.74 Å². The van der Waals surface area contributed by atoms with Crippen molar-refractivity contribution >= 4 is 6.09 Å². The first-order chi connectivity index (χ1) is 13.7. The molecule has 3 aromatic rings. The minimum Gasteiger partial charge on any atom is -0.491 e. The summed E-state index contributed by atoms with van der Waals surface area (Å²) in [6.07, 6.45) is 4.91. The summed E-state index contributed by atoms with van der Waals surface area (Å²) >= 11 is 0. The molecule has 144 valence electrons. The van der Waals surface area contributed by atoms with E-state index < -0.39 is 6.09 Å². The van der Waals surface area contributed by atoms with Gasteiger partial charge in [0.25, 0.3) is 0 Å². The van der Waals surface area contributed by atoms with E-state index in [0.29, 0.717) is 19.0 Å². The molecule has 1 amide bonds. The van der Waals surface area contributed by atoms with Gasteiger partial charge in [0, 0.05) is 12.1 Å². The van der Waals surface area contributed by atoms with Gasteiger partial charge in [0.2, 0.25) is 5.89 Å². The zero-order valence-corrected chi connectivity index (χ0v) is 15.5. The van der Waals surface area contributed by atoms with Crippen molar-refractivity contribution in [1.29, 1.82) is 0 Å². The zero-order valence-electron chi connectivity index (χ0n) is 15.5. The fourth-order valence-electron chi connectivity index (χ4n) is 3.52. The largest absolute Gasteiger partial charge is 0.491 e. The monoisotopic (exact) mass is 378 g/mol. The van der Waals surface area contributed by atoms with Gasteiger partial charge in [0.15, 0.2) is 0 Å². The minimum absolute atomic E-state index is 0.0562. The highest BCUT2D eigenvalue weighted by molar-refractivity contribution is 5.65. The smallest absolute Gasteiger partial charge is 0.407 e. The summed E-state index contributed by atoms with van der Waals surface area (Å²) in [5.74, 6) is 1.39. The number of carbonyl (C=O) groups is 1. The van der Waals surface area contributed by atoms with Crippen LogP contribution in [0.15, 0.2) is 65.4 Å². The number of ether oxygens (including phenoxy) is 1. The van der Waals surface area contributed by atoms with Gasteiger partial charge in [-0.15, -0.1) is 0 Å². The highest BCUT2D eigenvalue weighted by Gasteiger charge is 2.28. The number of hydrogen-bond acceptors (Lipinski definition) is 4. The Labute approximate surface area is 163 Å². The van der Waals surface area contributed by atoms with Gasteiger partial charge >= 0.3 is 6.09 Å². The fraction of sp³-hybridized carbons (Fsp3) is 0.273. The summed E-state index contributed by atoms with van der Waals surface area (Å²) in [5, 5.41) is 9.19. The normalized spacial score (nSPS) is 16.3. The third-order valence-electron chi connectivity index (χ3n) is 5.03. The molecule has 1 aliphatic heterocycles. The first-order valence-electron chi connectivity index (χ1n) is 9.39. The zero-order chi connectivity index (χ0) is 19.3. The molecule has 1 fully saturated rings. The van der Waals surface area contributed by atoms with Gasteiger partial charge in [0.05, 0.1) is 12.2 Å². The Morgan fingerprint density at radius 3 is 2.50 bits per heavy atom. The minimum atomic E-state index is -0.865. The maximum absolute atomic E-state index is 11.2. The molecule has 0 radical (unpaired) electrons. The standard InChI is InChI=1S/C22H22N2O4/c25-22(26)24-12-1-2-19(24)15-28-20-9-5-17(6-10-20)14-16-3-7-18(8-4-16)21-23-11-13-27-21/h3-11,13,19H,1-2,12,14-15H2,(H,25,26)/t19-/m1/s1. The number of rotatable bonds is 6. The number of carboxylic acid groups (broad SMARTS) is 1. The third kappa shape index (κ3) is 4.17. The van der Waals surface area contributed by atoms with E-state index in [2.05, 4.69) is 17.1 Å². The van der Waals surface area contributed by atoms with E-state index in [1.807, 2.05) is 36.4 Å². The van der Waals surface area contributed by atoms with Gasteiger partial charge in [-0.1, -0.05) is 24.3 Å². The topological polar surface area (TPSA) is 75.8 Å². The maximum Gasteiger partial charge on any atom is 0.407 e. The van der Waals surface area contributed by atoms with E-state index in [9.17, 15) is 9.90 Å². The number of aromatic nitrogens is 1. The number of likely N-dealkylation sites (tertiary alicyclic amines) is 1. The van der Waals surface area contributed by atoms with Crippen LogP contribution in [0.2, 0.25) is 0 Å². The highest BCUT2D eigenvalue weighted by atomic mass is 16.5. The van der Waals surface area contributed by atoms with Crippen LogP contribution in [0.4, 0.5) is 4.79 Å². The molecule has 1 saturated heterocycles. The van der Waals surface area contributed by atoms with Gasteiger partial charge in [-0.3, -0.25) is 0 Å². The van der Waals surface area contributed by atoms with Crippen LogP contribution in [0.5, 0.6) is 5.75 Å². The van der Waals surface area contributed by atoms with E-state index in [-0.39, 0.29) is 6.04 Å². The lowest BCUT2D eigenvalue weighted by Crippen LogP contribution is -2.37. The molecule has 1 aliphatic rings. The Bertz CT molecular complexity index is 905. The maximum atomic E-state index is 11.2. The number of nitrogens with zero attached hydrogens (tertiary/aromatic N) is 2. The second-order valence-corrected chi connectivity index (χ2v) is 6.94. The number of oxazole rings is 1. The molecule has 0 bridgehead atoms. The molecule has 0 unspecified atom stereocenters. The van der Waals surface area contributed by atoms with Crippen molar-refractivity contribution in [3.05, 3.63) is 72.1 Å². The second kappa shape index (κ2) is 8.17. The van der Waals surface area contributed by atoms with Crippen LogP contribution in [-0.4, -0.2) is 40.3 Å². The van der Waals surface area contributed by atoms with Crippen molar-refractivity contribution in [2.75, 3.05) is 13.2 Å². The lowest BCUT2D eigenvalue weighted by atomic mass is 10.0. The van der Waals surface area contributed by atoms with Crippen molar-refractivity contribution in [3.8, 4) is 17.2 Å². The molecule has 6 nitrogen and oxygen atoms in total. The van der Waals surface area contributed by atoms with Crippen molar-refractivity contribution in [2.45, 2.75) is 25.3 Å². The van der Waals surface area contributed by atoms with E-state index in [0.717, 1.165) is 30.6 Å². The van der Waals surface area contributed by atoms with E-state index >= 15 is 0 Å². The SMILES string of the molecule is O=C(O)N1CCC[C@@H]1COc1ccc(Cc2ccc(-c3ncco3)cc2)cc1. The molecule has 28 heavy (non-hydrogen) atoms. The lowest BCUT2D eigenvalue weighted by molar-refractivity contribution is 0.123. The quantitative estimate of drug-likeness (QED) is 0.686. The molecule has 1 atom stereocenters. The molecule has 0 aliphatic carbocycles. The molecule has 1 aromatic heterocycles. The molecule has 6 heteroatoms. The van der Waals surface area contributed by atoms with Crippen molar-refractivity contribution < 1.29 is 19.1 Å². The van der Waals surface area contributed by atoms with Crippen molar-refractivity contribution in [1.82, 2.24) is 9.88 Å². The van der Waals surface area contributed by atoms with Gasteiger partial charge in [-0.2, -0.15) is 0 Å². The predicted octanol–water partition coefficient (Wildman–Crippen LogP) is 4.45. The fourth-order valence-corrected chi connectivity index (χ4v) is 3.52. The first-order valence-corrected chi connectivity index (χ1v) is 9.39. The van der Waals surface area contributed by atoms with Crippen LogP contribution in [0.1, 0.15) is 24.0 Å². The number of amides is 1. The van der Waals surface area contributed by atoms with Gasteiger partial charge in [-0.05, 0) is 54.7 Å². The van der Waals surface area contributed by atoms with E-state index in [1.165, 1.54) is 16.0 Å². The molecule has 0 saturated carbocycles. The van der Waals surface area contributed by atoms with Crippen molar-refractivity contribution in [3.63, 3.8) is 0 Å². The molecule has 0 spiro atoms. The molecule has 4 rings (SSSR count). The average molecular weight is 378 g/mol. The van der Waals surface area contributed by atoms with Gasteiger partial charge < -0.3 is 19.2 Å². The van der Waals surface area contributed by atoms with Gasteiger partial charge in [-0.25, -0.2) is 9.78 Å². The summed E-state index contributed by atoms with van der Waals surface area (Å²) in [6, 6.07) is 16.1. The van der Waals surface area contributed by atoms with Crippen LogP contribution in [0.25, 0.3) is 11.5 Å². The van der Waals surface area contributed by atoms with E-state index in [4.69, 9.17) is 9.15 Å². The Morgan fingerprint density at radius 1 is 1.14 bits per heavy atom. The number of benzene rings is 2. The Hall–Kier alpha value is -3.28. The number of hydrogen-bond donors (Lipinski definition) is 1. The Morgan fingerprint density at radius 2 is 1.86 bits per heavy atom. The average Bonchev–Trinajstić information content (AvgIpc) is 3.40. The summed E-state index contributed by atoms with van der Waals surface area (Å²) in [5.41, 5.74) is 3.34. The summed E-state index contributed by atoms with van der Waals surface area (Å²) in [4.78, 5) is 16.8. The Kier molecular flexibility index (Phi) is 5.28. The highest BCUT2D eigenvalue weighted by Crippen LogP contribution is 2.22. The van der Waals surface area contributed by atoms with Gasteiger partial charge in [0.1, 0.15) is 18.6 Å². The predicted molar refractivity (Wildman–Crippen MR) is 104 cm³/mol. The summed E-state index contributed by atoms with van der Waals surface area (Å²) < 4.78 is 11.1. The first kappa shape index (κ1) is 18.1. The summed E-state index contributed by atoms with van der Waals surface area (Å²) in [7, 11) is 0. The molecule has 2 heterocycles. The van der Waals surface area contributed by atoms with Crippen LogP contribution >= 0.6 is 0 Å². The second-order valence-electron chi connectivity index (χ2n) is 6.94. The van der Waals surface area contributed by atoms with Crippen molar-refractivity contribution in [2.24, 2.45) is 0 Å². The van der Waals surface area contributed by atoms with Crippen LogP contribution in [-0.2, 0) is 6.42 Å². The molecule has 2 aromatic carbocycles. The van der Waals surface area contributed by atoms with E-state index in [1.54, 1.807) is 12.5 Å². The van der Waals surface area contributed by atoms with Crippen LogP contribution in [0, 0.1) is 0 Å². The molecular weight excluding hydrogens is 356 g/mol. The Balaban J connectivity index is 1.32. The molecule has 1 N–H and O–H groups in total.